The largest absolute Gasteiger partial charge is 0.381 e. The van der Waals surface area contributed by atoms with Crippen LogP contribution in [0.4, 0.5) is 0 Å². The van der Waals surface area contributed by atoms with Crippen molar-refractivity contribution in [2.24, 2.45) is 0 Å². The molecule has 4 heterocycles. The van der Waals surface area contributed by atoms with Gasteiger partial charge in [0.1, 0.15) is 5.82 Å². The molecule has 8 heteroatoms. The van der Waals surface area contributed by atoms with Crippen LogP contribution in [0.15, 0.2) is 0 Å². The number of H-pyrrole nitrogens is 1. The van der Waals surface area contributed by atoms with Gasteiger partial charge >= 0.3 is 0 Å². The van der Waals surface area contributed by atoms with Crippen molar-refractivity contribution in [2.75, 3.05) is 19.8 Å². The lowest BCUT2D eigenvalue weighted by molar-refractivity contribution is 0.0667. The molecule has 1 N–H and O–H groups in total. The summed E-state index contributed by atoms with van der Waals surface area (Å²) < 4.78 is 7.68. The molecule has 4 rings (SSSR count). The van der Waals surface area contributed by atoms with Gasteiger partial charge in [0.05, 0.1) is 23.8 Å². The number of nitrogens with zero attached hydrogens (tertiary/aromatic N) is 4. The van der Waals surface area contributed by atoms with Gasteiger partial charge in [-0.1, -0.05) is 0 Å². The second kappa shape index (κ2) is 7.16. The topological polar surface area (TPSA) is 93.1 Å². The molecule has 0 bridgehead atoms. The third-order valence-corrected chi connectivity index (χ3v) is 5.93. The lowest BCUT2D eigenvalue weighted by Gasteiger charge is -2.34. The number of fused-ring (bicyclic) bond motifs is 1. The van der Waals surface area contributed by atoms with Crippen molar-refractivity contribution in [3.8, 4) is 0 Å². The molecule has 1 amide bonds. The minimum Gasteiger partial charge on any atom is -0.381 e. The molecule has 1 atom stereocenters. The van der Waals surface area contributed by atoms with Gasteiger partial charge in [-0.05, 0) is 39.2 Å². The first-order chi connectivity index (χ1) is 13.4. The van der Waals surface area contributed by atoms with Gasteiger partial charge in [0, 0.05) is 38.3 Å². The van der Waals surface area contributed by atoms with Crippen LogP contribution in [0.1, 0.15) is 82.4 Å². The number of hydrogen-bond acceptors (Lipinski definition) is 5. The number of aromatic nitrogens is 4. The van der Waals surface area contributed by atoms with Crippen LogP contribution in [0.5, 0.6) is 0 Å². The molecule has 8 nitrogen and oxygen atoms in total. The molecular formula is C20H27N5O3. The monoisotopic (exact) mass is 385 g/mol. The maximum absolute atomic E-state index is 13.3. The van der Waals surface area contributed by atoms with Gasteiger partial charge in [-0.3, -0.25) is 9.59 Å². The highest BCUT2D eigenvalue weighted by Crippen LogP contribution is 2.32. The van der Waals surface area contributed by atoms with Crippen molar-refractivity contribution in [2.45, 2.75) is 59.0 Å². The first-order valence-electron chi connectivity index (χ1n) is 9.89. The molecule has 0 radical (unpaired) electrons. The Labute approximate surface area is 164 Å². The van der Waals surface area contributed by atoms with Gasteiger partial charge in [-0.2, -0.15) is 0 Å². The summed E-state index contributed by atoms with van der Waals surface area (Å²) in [6, 6.07) is 0.104. The Bertz CT molecular complexity index is 923. The zero-order valence-electron chi connectivity index (χ0n) is 16.9. The van der Waals surface area contributed by atoms with E-state index in [0.717, 1.165) is 49.0 Å². The highest BCUT2D eigenvalue weighted by Gasteiger charge is 2.34. The van der Waals surface area contributed by atoms with E-state index in [1.54, 1.807) is 0 Å². The Morgan fingerprint density at radius 2 is 1.89 bits per heavy atom. The molecule has 0 saturated carbocycles. The third kappa shape index (κ3) is 3.05. The molecular weight excluding hydrogens is 358 g/mol. The van der Waals surface area contributed by atoms with Crippen LogP contribution in [0.2, 0.25) is 0 Å². The Morgan fingerprint density at radius 1 is 1.18 bits per heavy atom. The average molecular weight is 385 g/mol. The maximum Gasteiger partial charge on any atom is 0.256 e. The Morgan fingerprint density at radius 3 is 2.54 bits per heavy atom. The van der Waals surface area contributed by atoms with Gasteiger partial charge < -0.3 is 19.2 Å². The van der Waals surface area contributed by atoms with Crippen molar-refractivity contribution >= 4 is 11.7 Å². The first-order valence-corrected chi connectivity index (χ1v) is 9.89. The number of ether oxygens (including phenoxy) is 1. The van der Waals surface area contributed by atoms with Crippen molar-refractivity contribution in [1.29, 1.82) is 0 Å². The van der Waals surface area contributed by atoms with Crippen LogP contribution in [0.3, 0.4) is 0 Å². The third-order valence-electron chi connectivity index (χ3n) is 5.93. The predicted molar refractivity (Wildman–Crippen MR) is 103 cm³/mol. The van der Waals surface area contributed by atoms with Crippen LogP contribution in [-0.2, 0) is 11.3 Å². The number of Topliss-reactive ketones (excluding diaryl/α,β-unsaturated/α-hetero) is 1. The standard InChI is InChI=1S/C20H27N5O3/c1-11-9-24(20(27)17-12(2)18(14(4)26)21-13(17)3)10-16-22-23-19(25(11)16)15-5-7-28-8-6-15/h11,15,21H,5-10H2,1-4H3/t11-/m0/s1. The summed E-state index contributed by atoms with van der Waals surface area (Å²) in [5, 5.41) is 8.87. The van der Waals surface area contributed by atoms with Crippen molar-refractivity contribution < 1.29 is 14.3 Å². The van der Waals surface area contributed by atoms with E-state index in [1.165, 1.54) is 6.92 Å². The van der Waals surface area contributed by atoms with Gasteiger partial charge in [-0.25, -0.2) is 0 Å². The van der Waals surface area contributed by atoms with E-state index in [2.05, 4.69) is 26.7 Å². The van der Waals surface area contributed by atoms with E-state index >= 15 is 0 Å². The van der Waals surface area contributed by atoms with Crippen LogP contribution in [-0.4, -0.2) is 56.1 Å². The Hall–Kier alpha value is -2.48. The molecule has 0 unspecified atom stereocenters. The Kier molecular flexibility index (Phi) is 4.82. The van der Waals surface area contributed by atoms with Gasteiger partial charge in [0.2, 0.25) is 0 Å². The fourth-order valence-electron chi connectivity index (χ4n) is 4.53. The van der Waals surface area contributed by atoms with E-state index in [-0.39, 0.29) is 17.7 Å². The molecule has 0 aromatic carbocycles. The summed E-state index contributed by atoms with van der Waals surface area (Å²) in [5.74, 6) is 2.09. The smallest absolute Gasteiger partial charge is 0.256 e. The molecule has 2 aromatic heterocycles. The average Bonchev–Trinajstić information content (AvgIpc) is 3.23. The summed E-state index contributed by atoms with van der Waals surface area (Å²) in [4.78, 5) is 30.0. The van der Waals surface area contributed by atoms with Crippen LogP contribution in [0.25, 0.3) is 0 Å². The summed E-state index contributed by atoms with van der Waals surface area (Å²) in [6.45, 7) is 9.83. The molecule has 0 aliphatic carbocycles. The molecule has 150 valence electrons. The lowest BCUT2D eigenvalue weighted by atomic mass is 9.98. The number of hydrogen-bond donors (Lipinski definition) is 1. The number of ketones is 1. The van der Waals surface area contributed by atoms with Gasteiger partial charge in [0.25, 0.3) is 5.91 Å². The summed E-state index contributed by atoms with van der Waals surface area (Å²) in [7, 11) is 0. The van der Waals surface area contributed by atoms with E-state index in [0.29, 0.717) is 30.3 Å². The van der Waals surface area contributed by atoms with E-state index in [1.807, 2.05) is 18.7 Å². The van der Waals surface area contributed by atoms with Gasteiger partial charge in [-0.15, -0.1) is 10.2 Å². The summed E-state index contributed by atoms with van der Waals surface area (Å²) >= 11 is 0. The zero-order valence-corrected chi connectivity index (χ0v) is 16.9. The molecule has 0 spiro atoms. The van der Waals surface area contributed by atoms with Crippen LogP contribution < -0.4 is 0 Å². The van der Waals surface area contributed by atoms with Gasteiger partial charge in [0.15, 0.2) is 11.6 Å². The fraction of sp³-hybridized carbons (Fsp3) is 0.600. The maximum atomic E-state index is 13.3. The number of amides is 1. The number of carbonyl (C=O) groups is 2. The molecule has 2 aliphatic heterocycles. The van der Waals surface area contributed by atoms with Crippen LogP contribution in [0, 0.1) is 13.8 Å². The number of aromatic amines is 1. The van der Waals surface area contributed by atoms with Crippen LogP contribution >= 0.6 is 0 Å². The normalized spacial score (nSPS) is 20.3. The highest BCUT2D eigenvalue weighted by atomic mass is 16.5. The molecule has 2 aromatic rings. The quantitative estimate of drug-likeness (QED) is 0.820. The van der Waals surface area contributed by atoms with E-state index in [4.69, 9.17) is 4.74 Å². The highest BCUT2D eigenvalue weighted by molar-refractivity contribution is 6.02. The van der Waals surface area contributed by atoms with E-state index < -0.39 is 0 Å². The SMILES string of the molecule is CC(=O)c1[nH]c(C)c(C(=O)N2Cc3nnc(C4CCOCC4)n3[C@@H](C)C2)c1C. The second-order valence-electron chi connectivity index (χ2n) is 7.95. The minimum absolute atomic E-state index is 0.0625. The zero-order chi connectivity index (χ0) is 20.0. The summed E-state index contributed by atoms with van der Waals surface area (Å²) in [6.07, 6.45) is 1.92. The summed E-state index contributed by atoms with van der Waals surface area (Å²) in [5.41, 5.74) is 2.55. The first kappa shape index (κ1) is 18.9. The molecule has 1 fully saturated rings. The fourth-order valence-corrected chi connectivity index (χ4v) is 4.53. The molecule has 28 heavy (non-hydrogen) atoms. The predicted octanol–water partition coefficient (Wildman–Crippen LogP) is 2.54. The second-order valence-corrected chi connectivity index (χ2v) is 7.95. The number of rotatable bonds is 3. The Balaban J connectivity index is 1.61. The van der Waals surface area contributed by atoms with E-state index in [9.17, 15) is 9.59 Å². The van der Waals surface area contributed by atoms with Crippen molar-refractivity contribution in [1.82, 2.24) is 24.6 Å². The number of carbonyl (C=O) groups excluding carboxylic acids is 2. The lowest BCUT2D eigenvalue weighted by Crippen LogP contribution is -2.41. The van der Waals surface area contributed by atoms with Crippen molar-refractivity contribution in [3.63, 3.8) is 0 Å². The molecule has 2 aliphatic rings. The number of nitrogens with one attached hydrogen (secondary N) is 1. The molecule has 1 saturated heterocycles. The minimum atomic E-state index is -0.0625. The number of aryl methyl sites for hydroxylation is 1. The van der Waals surface area contributed by atoms with Crippen molar-refractivity contribution in [3.05, 3.63) is 34.2 Å².